The molecule has 3 aliphatic rings. The molecule has 3 aliphatic carbocycles. The summed E-state index contributed by atoms with van der Waals surface area (Å²) >= 11 is 5.87. The Labute approximate surface area is 124 Å². The van der Waals surface area contributed by atoms with Gasteiger partial charge in [-0.25, -0.2) is 0 Å². The number of fused-ring (bicyclic) bond motifs is 3. The average molecular weight is 294 g/mol. The minimum atomic E-state index is -0.554. The Morgan fingerprint density at radius 2 is 1.80 bits per heavy atom. The molecule has 4 heteroatoms. The van der Waals surface area contributed by atoms with Gasteiger partial charge in [-0.15, -0.1) is 0 Å². The second-order valence-electron chi connectivity index (χ2n) is 6.16. The van der Waals surface area contributed by atoms with Gasteiger partial charge in [0, 0.05) is 11.4 Å². The zero-order valence-corrected chi connectivity index (χ0v) is 12.3. The fraction of sp³-hybridized carbons (Fsp3) is 0.562. The molecule has 0 spiro atoms. The molecule has 0 radical (unpaired) electrons. The SMILES string of the molecule is NC12CCC(OCCc3ccc(Cl)cc3)(CC1)CC2=O. The molecule has 20 heavy (non-hydrogen) atoms. The van der Waals surface area contributed by atoms with Crippen molar-refractivity contribution in [2.24, 2.45) is 5.73 Å². The molecule has 2 N–H and O–H groups in total. The first kappa shape index (κ1) is 14.1. The van der Waals surface area contributed by atoms with Gasteiger partial charge in [-0.3, -0.25) is 4.79 Å². The minimum Gasteiger partial charge on any atom is -0.374 e. The van der Waals surface area contributed by atoms with E-state index in [1.807, 2.05) is 24.3 Å². The van der Waals surface area contributed by atoms with E-state index in [2.05, 4.69) is 0 Å². The highest BCUT2D eigenvalue weighted by atomic mass is 35.5. The standard InChI is InChI=1S/C16H20ClNO2/c17-13-3-1-12(2-4-13)5-10-20-15-6-8-16(18,9-7-15)14(19)11-15/h1-4H,5-11,18H2. The van der Waals surface area contributed by atoms with Crippen LogP contribution in [0.25, 0.3) is 0 Å². The van der Waals surface area contributed by atoms with Crippen LogP contribution < -0.4 is 5.73 Å². The Morgan fingerprint density at radius 3 is 2.40 bits per heavy atom. The minimum absolute atomic E-state index is 0.182. The summed E-state index contributed by atoms with van der Waals surface area (Å²) in [5.74, 6) is 0.182. The van der Waals surface area contributed by atoms with Crippen LogP contribution in [-0.2, 0) is 16.0 Å². The second kappa shape index (κ2) is 5.14. The lowest BCUT2D eigenvalue weighted by atomic mass is 9.63. The third-order valence-corrected chi connectivity index (χ3v) is 5.06. The van der Waals surface area contributed by atoms with E-state index in [1.54, 1.807) is 0 Å². The van der Waals surface area contributed by atoms with Crippen molar-refractivity contribution in [2.45, 2.75) is 49.7 Å². The van der Waals surface area contributed by atoms with Crippen LogP contribution in [0.15, 0.2) is 24.3 Å². The molecular weight excluding hydrogens is 274 g/mol. The number of nitrogens with two attached hydrogens (primary N) is 1. The zero-order chi connectivity index (χ0) is 14.2. The van der Waals surface area contributed by atoms with Gasteiger partial charge in [0.1, 0.15) is 0 Å². The molecule has 0 atom stereocenters. The highest BCUT2D eigenvalue weighted by Crippen LogP contribution is 2.45. The van der Waals surface area contributed by atoms with E-state index in [1.165, 1.54) is 5.56 Å². The van der Waals surface area contributed by atoms with Crippen LogP contribution >= 0.6 is 11.6 Å². The Kier molecular flexibility index (Phi) is 3.61. The molecule has 3 fully saturated rings. The van der Waals surface area contributed by atoms with Crippen LogP contribution in [-0.4, -0.2) is 23.5 Å². The molecule has 0 saturated heterocycles. The van der Waals surface area contributed by atoms with Crippen LogP contribution in [0, 0.1) is 0 Å². The van der Waals surface area contributed by atoms with Gasteiger partial charge >= 0.3 is 0 Å². The third kappa shape index (κ3) is 2.62. The van der Waals surface area contributed by atoms with Crippen LogP contribution in [0.5, 0.6) is 0 Å². The molecule has 1 aromatic carbocycles. The summed E-state index contributed by atoms with van der Waals surface area (Å²) in [6, 6.07) is 7.81. The summed E-state index contributed by atoms with van der Waals surface area (Å²) in [7, 11) is 0. The largest absolute Gasteiger partial charge is 0.374 e. The van der Waals surface area contributed by atoms with E-state index in [0.717, 1.165) is 37.1 Å². The number of ether oxygens (including phenoxy) is 1. The number of hydrogen-bond acceptors (Lipinski definition) is 3. The van der Waals surface area contributed by atoms with Crippen molar-refractivity contribution in [3.05, 3.63) is 34.9 Å². The van der Waals surface area contributed by atoms with E-state index < -0.39 is 5.54 Å². The second-order valence-corrected chi connectivity index (χ2v) is 6.60. The number of hydrogen-bond donors (Lipinski definition) is 1. The van der Waals surface area contributed by atoms with Gasteiger partial charge in [-0.05, 0) is 49.8 Å². The van der Waals surface area contributed by atoms with Crippen molar-refractivity contribution < 1.29 is 9.53 Å². The smallest absolute Gasteiger partial charge is 0.155 e. The van der Waals surface area contributed by atoms with Gasteiger partial charge in [-0.2, -0.15) is 0 Å². The Hall–Kier alpha value is -0.900. The topological polar surface area (TPSA) is 52.3 Å². The maximum atomic E-state index is 12.0. The van der Waals surface area contributed by atoms with E-state index in [0.29, 0.717) is 13.0 Å². The molecule has 1 aromatic rings. The van der Waals surface area contributed by atoms with Crippen molar-refractivity contribution in [1.82, 2.24) is 0 Å². The molecule has 0 heterocycles. The van der Waals surface area contributed by atoms with E-state index in [9.17, 15) is 4.79 Å². The summed E-state index contributed by atoms with van der Waals surface area (Å²) in [5, 5.41) is 0.748. The molecule has 3 nitrogen and oxygen atoms in total. The molecule has 0 aliphatic heterocycles. The van der Waals surface area contributed by atoms with Crippen molar-refractivity contribution in [1.29, 1.82) is 0 Å². The van der Waals surface area contributed by atoms with Crippen molar-refractivity contribution in [3.8, 4) is 0 Å². The van der Waals surface area contributed by atoms with E-state index in [-0.39, 0.29) is 11.4 Å². The molecule has 108 valence electrons. The van der Waals surface area contributed by atoms with E-state index in [4.69, 9.17) is 22.1 Å². The highest BCUT2D eigenvalue weighted by Gasteiger charge is 2.52. The Balaban J connectivity index is 1.56. The van der Waals surface area contributed by atoms with Crippen LogP contribution in [0.4, 0.5) is 0 Å². The molecule has 0 unspecified atom stereocenters. The van der Waals surface area contributed by atoms with Gasteiger partial charge in [0.25, 0.3) is 0 Å². The van der Waals surface area contributed by atoms with Gasteiger partial charge in [0.05, 0.1) is 17.7 Å². The van der Waals surface area contributed by atoms with Crippen LogP contribution in [0.2, 0.25) is 5.02 Å². The number of Topliss-reactive ketones (excluding diaryl/α,β-unsaturated/α-hetero) is 1. The predicted molar refractivity (Wildman–Crippen MR) is 78.8 cm³/mol. The van der Waals surface area contributed by atoms with Crippen molar-refractivity contribution >= 4 is 17.4 Å². The maximum absolute atomic E-state index is 12.0. The van der Waals surface area contributed by atoms with Crippen LogP contribution in [0.3, 0.4) is 0 Å². The first-order valence-corrected chi connectivity index (χ1v) is 7.60. The summed E-state index contributed by atoms with van der Waals surface area (Å²) in [6.45, 7) is 0.645. The number of ketones is 1. The Bertz CT molecular complexity index is 504. The number of carbonyl (C=O) groups is 1. The number of rotatable bonds is 4. The molecule has 0 aromatic heterocycles. The number of benzene rings is 1. The molecule has 2 bridgehead atoms. The summed E-state index contributed by atoms with van der Waals surface area (Å²) in [6.07, 6.45) is 4.70. The molecule has 4 rings (SSSR count). The van der Waals surface area contributed by atoms with E-state index >= 15 is 0 Å². The fourth-order valence-corrected chi connectivity index (χ4v) is 3.43. The predicted octanol–water partition coefficient (Wildman–Crippen LogP) is 2.88. The maximum Gasteiger partial charge on any atom is 0.155 e. The number of halogens is 1. The lowest BCUT2D eigenvalue weighted by molar-refractivity contribution is -0.154. The van der Waals surface area contributed by atoms with Gasteiger partial charge < -0.3 is 10.5 Å². The van der Waals surface area contributed by atoms with Gasteiger partial charge in [-0.1, -0.05) is 23.7 Å². The molecule has 0 amide bonds. The lowest BCUT2D eigenvalue weighted by Gasteiger charge is -2.50. The highest BCUT2D eigenvalue weighted by molar-refractivity contribution is 6.30. The monoisotopic (exact) mass is 293 g/mol. The normalized spacial score (nSPS) is 32.6. The quantitative estimate of drug-likeness (QED) is 0.929. The summed E-state index contributed by atoms with van der Waals surface area (Å²) in [4.78, 5) is 12.0. The molecule has 3 saturated carbocycles. The van der Waals surface area contributed by atoms with Crippen molar-refractivity contribution in [3.63, 3.8) is 0 Å². The first-order valence-electron chi connectivity index (χ1n) is 7.22. The Morgan fingerprint density at radius 1 is 1.15 bits per heavy atom. The summed E-state index contributed by atoms with van der Waals surface area (Å²) in [5.41, 5.74) is 6.52. The lowest BCUT2D eigenvalue weighted by Crippen LogP contribution is -2.62. The summed E-state index contributed by atoms with van der Waals surface area (Å²) < 4.78 is 6.10. The fourth-order valence-electron chi connectivity index (χ4n) is 3.31. The van der Waals surface area contributed by atoms with Gasteiger partial charge in [0.15, 0.2) is 5.78 Å². The number of carbonyl (C=O) groups excluding carboxylic acids is 1. The third-order valence-electron chi connectivity index (χ3n) is 4.80. The van der Waals surface area contributed by atoms with Crippen molar-refractivity contribution in [2.75, 3.05) is 6.61 Å². The zero-order valence-electron chi connectivity index (χ0n) is 11.5. The van der Waals surface area contributed by atoms with Gasteiger partial charge in [0.2, 0.25) is 0 Å². The molecular formula is C16H20ClNO2. The van der Waals surface area contributed by atoms with Crippen LogP contribution in [0.1, 0.15) is 37.7 Å². The first-order chi connectivity index (χ1) is 9.51. The average Bonchev–Trinajstić information content (AvgIpc) is 2.44.